The van der Waals surface area contributed by atoms with Gasteiger partial charge in [-0.2, -0.15) is 16.8 Å². The summed E-state index contributed by atoms with van der Waals surface area (Å²) in [5, 5.41) is 45.2. The van der Waals surface area contributed by atoms with Crippen molar-refractivity contribution in [2.75, 3.05) is 19.8 Å². The van der Waals surface area contributed by atoms with Crippen LogP contribution in [-0.4, -0.2) is 133 Å². The number of hydrogen-bond acceptors (Lipinski definition) is 15. The van der Waals surface area contributed by atoms with Gasteiger partial charge in [0.05, 0.1) is 13.2 Å². The molecule has 2 fully saturated rings. The smallest absolute Gasteiger partial charge is 0.388 e. The lowest BCUT2D eigenvalue weighted by Gasteiger charge is -2.47. The number of carbonyl (C=O) groups excluding carboxylic acids is 1. The predicted octanol–water partition coefficient (Wildman–Crippen LogP) is -2.21. The Balaban J connectivity index is 2.25. The molecule has 2 heterocycles. The molecule has 0 saturated carbocycles. The quantitative estimate of drug-likeness (QED) is 0.0646. The highest BCUT2D eigenvalue weighted by Gasteiger charge is 2.52. The monoisotopic (exact) mass is 655 g/mol. The second kappa shape index (κ2) is 16.8. The molecule has 2 rings (SSSR count). The molecule has 2 saturated heterocycles. The minimum Gasteiger partial charge on any atom is -0.388 e. The van der Waals surface area contributed by atoms with Gasteiger partial charge in [0.25, 0.3) is 0 Å². The van der Waals surface area contributed by atoms with Crippen molar-refractivity contribution < 1.29 is 78.5 Å². The van der Waals surface area contributed by atoms with Crippen LogP contribution in [0.5, 0.6) is 0 Å². The van der Waals surface area contributed by atoms with Gasteiger partial charge < -0.3 is 44.7 Å². The van der Waals surface area contributed by atoms with Crippen LogP contribution < -0.4 is 5.32 Å². The van der Waals surface area contributed by atoms with E-state index in [1.807, 2.05) is 0 Å². The first-order chi connectivity index (χ1) is 19.5. The molecule has 0 aromatic rings. The second-order valence-electron chi connectivity index (χ2n) is 9.94. The number of rotatable bonds is 17. The summed E-state index contributed by atoms with van der Waals surface area (Å²) in [4.78, 5) is 11.8. The van der Waals surface area contributed by atoms with E-state index in [9.17, 15) is 42.1 Å². The Bertz CT molecular complexity index is 1040. The van der Waals surface area contributed by atoms with Crippen LogP contribution in [0.2, 0.25) is 0 Å². The summed E-state index contributed by atoms with van der Waals surface area (Å²) < 4.78 is 93.0. The summed E-state index contributed by atoms with van der Waals surface area (Å²) in [6, 6.07) is -1.54. The first-order valence-electron chi connectivity index (χ1n) is 13.3. The fourth-order valence-electron chi connectivity index (χ4n) is 4.45. The third-order valence-corrected chi connectivity index (χ3v) is 7.41. The van der Waals surface area contributed by atoms with E-state index < -0.39 is 101 Å². The summed E-state index contributed by atoms with van der Waals surface area (Å²) >= 11 is 0. The molecule has 0 aromatic heterocycles. The minimum atomic E-state index is -4.99. The van der Waals surface area contributed by atoms with Crippen LogP contribution in [0.1, 0.15) is 52.4 Å². The molecule has 0 spiro atoms. The van der Waals surface area contributed by atoms with Gasteiger partial charge in [0.15, 0.2) is 12.6 Å². The van der Waals surface area contributed by atoms with Crippen LogP contribution in [0.3, 0.4) is 0 Å². The van der Waals surface area contributed by atoms with Crippen molar-refractivity contribution in [3.63, 3.8) is 0 Å². The highest BCUT2D eigenvalue weighted by atomic mass is 32.3. The zero-order valence-electron chi connectivity index (χ0n) is 23.1. The van der Waals surface area contributed by atoms with Gasteiger partial charge in [-0.15, -0.1) is 0 Å². The number of aliphatic hydroxyl groups is 4. The van der Waals surface area contributed by atoms with Gasteiger partial charge >= 0.3 is 20.8 Å². The largest absolute Gasteiger partial charge is 0.397 e. The molecule has 42 heavy (non-hydrogen) atoms. The van der Waals surface area contributed by atoms with Crippen molar-refractivity contribution in [1.82, 2.24) is 5.32 Å². The Hall–Kier alpha value is -1.11. The fourth-order valence-corrected chi connectivity index (χ4v) is 5.07. The van der Waals surface area contributed by atoms with E-state index in [0.29, 0.717) is 6.42 Å². The number of amides is 1. The van der Waals surface area contributed by atoms with Gasteiger partial charge in [-0.3, -0.25) is 13.9 Å². The summed E-state index contributed by atoms with van der Waals surface area (Å²) in [6.07, 6.45) is -10.2. The van der Waals surface area contributed by atoms with Gasteiger partial charge in [-0.05, 0) is 6.42 Å². The van der Waals surface area contributed by atoms with Gasteiger partial charge in [-0.1, -0.05) is 39.0 Å². The second-order valence-corrected chi connectivity index (χ2v) is 12.1. The van der Waals surface area contributed by atoms with Crippen molar-refractivity contribution >= 4 is 26.7 Å². The van der Waals surface area contributed by atoms with Gasteiger partial charge in [0.1, 0.15) is 48.8 Å². The SMILES string of the molecule is CCCCCCCCO[C@@H]1O[C@H](COS(=O)(=O)O)[C@H](O)[C@H](O[C@@H]2O[C@H](COS(=O)(=O)O)[C@@H](O)[C@H](O)[C@H]2NC(C)=O)[C@H]1O. The molecular formula is C22H41NO17S2. The molecule has 7 N–H and O–H groups in total. The van der Waals surface area contributed by atoms with Crippen LogP contribution in [0.25, 0.3) is 0 Å². The van der Waals surface area contributed by atoms with E-state index in [0.717, 1.165) is 39.0 Å². The molecule has 248 valence electrons. The van der Waals surface area contributed by atoms with Crippen LogP contribution in [0, 0.1) is 0 Å². The Kier molecular flexibility index (Phi) is 14.8. The average Bonchev–Trinajstić information content (AvgIpc) is 2.88. The van der Waals surface area contributed by atoms with Gasteiger partial charge in [0.2, 0.25) is 5.91 Å². The fraction of sp³-hybridized carbons (Fsp3) is 0.955. The predicted molar refractivity (Wildman–Crippen MR) is 138 cm³/mol. The minimum absolute atomic E-state index is 0.0942. The summed E-state index contributed by atoms with van der Waals surface area (Å²) in [5.74, 6) is -0.719. The Morgan fingerprint density at radius 1 is 0.762 bits per heavy atom. The van der Waals surface area contributed by atoms with E-state index >= 15 is 0 Å². The Morgan fingerprint density at radius 3 is 1.83 bits per heavy atom. The maximum Gasteiger partial charge on any atom is 0.397 e. The lowest BCUT2D eigenvalue weighted by atomic mass is 9.95. The average molecular weight is 656 g/mol. The van der Waals surface area contributed by atoms with E-state index in [4.69, 9.17) is 28.1 Å². The maximum atomic E-state index is 11.8. The summed E-state index contributed by atoms with van der Waals surface area (Å²) in [7, 11) is -9.96. The molecule has 20 heteroatoms. The van der Waals surface area contributed by atoms with E-state index in [1.165, 1.54) is 0 Å². The number of carbonyl (C=O) groups is 1. The van der Waals surface area contributed by atoms with Crippen LogP contribution in [0.15, 0.2) is 0 Å². The number of unbranched alkanes of at least 4 members (excludes halogenated alkanes) is 5. The zero-order chi connectivity index (χ0) is 31.7. The Morgan fingerprint density at radius 2 is 1.29 bits per heavy atom. The number of ether oxygens (including phenoxy) is 4. The molecule has 0 bridgehead atoms. The first kappa shape index (κ1) is 37.1. The Labute approximate surface area is 244 Å². The molecular weight excluding hydrogens is 614 g/mol. The lowest BCUT2D eigenvalue weighted by molar-refractivity contribution is -0.347. The third kappa shape index (κ3) is 12.1. The molecule has 2 aliphatic rings. The highest BCUT2D eigenvalue weighted by molar-refractivity contribution is 7.81. The van der Waals surface area contributed by atoms with Crippen molar-refractivity contribution in [3.05, 3.63) is 0 Å². The molecule has 18 nitrogen and oxygen atoms in total. The van der Waals surface area contributed by atoms with Gasteiger partial charge in [0, 0.05) is 13.5 Å². The molecule has 1 amide bonds. The van der Waals surface area contributed by atoms with Crippen molar-refractivity contribution in [2.24, 2.45) is 0 Å². The molecule has 10 atom stereocenters. The number of nitrogens with one attached hydrogen (secondary N) is 1. The number of hydrogen-bond donors (Lipinski definition) is 7. The van der Waals surface area contributed by atoms with Crippen molar-refractivity contribution in [1.29, 1.82) is 0 Å². The van der Waals surface area contributed by atoms with E-state index in [2.05, 4.69) is 20.6 Å². The molecule has 0 aromatic carbocycles. The molecule has 2 aliphatic heterocycles. The normalized spacial score (nSPS) is 34.3. The first-order valence-corrected chi connectivity index (χ1v) is 16.1. The van der Waals surface area contributed by atoms with Crippen LogP contribution in [-0.2, 0) is 52.9 Å². The molecule has 0 unspecified atom stereocenters. The van der Waals surface area contributed by atoms with E-state index in [1.54, 1.807) is 0 Å². The van der Waals surface area contributed by atoms with Gasteiger partial charge in [-0.25, -0.2) is 8.37 Å². The standard InChI is InChI=1S/C22H41NO17S2/c1-3-4-5-6-7-8-9-35-22-19(28)20(17(26)14(39-22)11-37-42(32,33)34)40-21-15(23-12(2)24)18(27)16(25)13(38-21)10-36-41(29,30)31/h13-22,25-28H,3-11H2,1-2H3,(H,23,24)(H,29,30,31)(H,32,33,34)/t13-,14-,15-,16-,17+,18-,19-,20+,21+,22-/m1/s1. The lowest BCUT2D eigenvalue weighted by Crippen LogP contribution is -2.68. The van der Waals surface area contributed by atoms with E-state index in [-0.39, 0.29) is 6.61 Å². The zero-order valence-corrected chi connectivity index (χ0v) is 24.8. The summed E-state index contributed by atoms with van der Waals surface area (Å²) in [6.45, 7) is 1.30. The van der Waals surface area contributed by atoms with Crippen LogP contribution >= 0.6 is 0 Å². The van der Waals surface area contributed by atoms with Crippen molar-refractivity contribution in [3.8, 4) is 0 Å². The van der Waals surface area contributed by atoms with Crippen LogP contribution in [0.4, 0.5) is 0 Å². The molecule has 0 radical (unpaired) electrons. The number of aliphatic hydroxyl groups excluding tert-OH is 4. The summed E-state index contributed by atoms with van der Waals surface area (Å²) in [5.41, 5.74) is 0. The topological polar surface area (TPSA) is 274 Å². The maximum absolute atomic E-state index is 11.8. The molecule has 0 aliphatic carbocycles. The van der Waals surface area contributed by atoms with Crippen molar-refractivity contribution in [2.45, 2.75) is 114 Å². The third-order valence-electron chi connectivity index (χ3n) is 6.55. The highest BCUT2D eigenvalue weighted by Crippen LogP contribution is 2.30.